The van der Waals surface area contributed by atoms with E-state index in [2.05, 4.69) is 10.5 Å². The summed E-state index contributed by atoms with van der Waals surface area (Å²) >= 11 is 0. The molecule has 0 bridgehead atoms. The number of carbonyl (C=O) groups excluding carboxylic acids is 2. The van der Waals surface area contributed by atoms with Crippen LogP contribution in [0.4, 0.5) is 5.69 Å². The topological polar surface area (TPSA) is 71.0 Å². The Morgan fingerprint density at radius 2 is 2.38 bits per heavy atom. The SMILES string of the molecule is CC(=O)N1CCOc2ccc(C3=NNC(C=O)CC3)cc21. The molecule has 1 atom stereocenters. The molecule has 2 heterocycles. The third kappa shape index (κ3) is 2.61. The number of ether oxygens (including phenoxy) is 1. The Bertz CT molecular complexity index is 612. The molecule has 2 aliphatic heterocycles. The fourth-order valence-corrected chi connectivity index (χ4v) is 2.61. The zero-order chi connectivity index (χ0) is 14.8. The minimum atomic E-state index is -0.205. The van der Waals surface area contributed by atoms with Crippen molar-refractivity contribution in [3.63, 3.8) is 0 Å². The van der Waals surface area contributed by atoms with Crippen LogP contribution in [0.5, 0.6) is 5.75 Å². The lowest BCUT2D eigenvalue weighted by Gasteiger charge is -2.29. The van der Waals surface area contributed by atoms with Gasteiger partial charge in [-0.15, -0.1) is 0 Å². The summed E-state index contributed by atoms with van der Waals surface area (Å²) in [5.74, 6) is 0.719. The highest BCUT2D eigenvalue weighted by atomic mass is 16.5. The summed E-state index contributed by atoms with van der Waals surface area (Å²) in [5.41, 5.74) is 5.46. The number of nitrogens with one attached hydrogen (secondary N) is 1. The van der Waals surface area contributed by atoms with Gasteiger partial charge in [0.15, 0.2) is 0 Å². The third-order valence-corrected chi connectivity index (χ3v) is 3.76. The molecule has 0 aromatic heterocycles. The van der Waals surface area contributed by atoms with Gasteiger partial charge in [-0.25, -0.2) is 0 Å². The van der Waals surface area contributed by atoms with Gasteiger partial charge >= 0.3 is 0 Å². The number of anilines is 1. The predicted molar refractivity (Wildman–Crippen MR) is 78.7 cm³/mol. The Hall–Kier alpha value is -2.37. The van der Waals surface area contributed by atoms with Crippen molar-refractivity contribution >= 4 is 23.6 Å². The average molecular weight is 287 g/mol. The second kappa shape index (κ2) is 5.55. The van der Waals surface area contributed by atoms with Crippen molar-refractivity contribution in [2.45, 2.75) is 25.8 Å². The van der Waals surface area contributed by atoms with E-state index in [-0.39, 0.29) is 11.9 Å². The number of hydrazone groups is 1. The number of aldehydes is 1. The van der Waals surface area contributed by atoms with Gasteiger partial charge in [0.05, 0.1) is 24.0 Å². The molecule has 110 valence electrons. The lowest BCUT2D eigenvalue weighted by Crippen LogP contribution is -2.36. The van der Waals surface area contributed by atoms with Crippen molar-refractivity contribution in [3.05, 3.63) is 23.8 Å². The predicted octanol–water partition coefficient (Wildman–Crippen LogP) is 1.09. The molecular formula is C15H17N3O3. The monoisotopic (exact) mass is 287 g/mol. The zero-order valence-corrected chi connectivity index (χ0v) is 11.8. The van der Waals surface area contributed by atoms with Crippen LogP contribution in [0.1, 0.15) is 25.3 Å². The van der Waals surface area contributed by atoms with Gasteiger partial charge in [0, 0.05) is 12.5 Å². The maximum Gasteiger partial charge on any atom is 0.224 e. The number of nitrogens with zero attached hydrogens (tertiary/aromatic N) is 2. The first-order valence-electron chi connectivity index (χ1n) is 7.02. The quantitative estimate of drug-likeness (QED) is 0.826. The highest BCUT2D eigenvalue weighted by molar-refractivity contribution is 6.03. The summed E-state index contributed by atoms with van der Waals surface area (Å²) < 4.78 is 5.58. The number of rotatable bonds is 2. The van der Waals surface area contributed by atoms with E-state index in [9.17, 15) is 9.59 Å². The Balaban J connectivity index is 1.92. The molecule has 1 aromatic carbocycles. The Morgan fingerprint density at radius 1 is 1.52 bits per heavy atom. The van der Waals surface area contributed by atoms with Crippen molar-refractivity contribution in [3.8, 4) is 5.75 Å². The molecule has 0 saturated heterocycles. The van der Waals surface area contributed by atoms with Crippen LogP contribution in [0.3, 0.4) is 0 Å². The minimum absolute atomic E-state index is 0.00132. The number of carbonyl (C=O) groups is 2. The highest BCUT2D eigenvalue weighted by Gasteiger charge is 2.23. The molecule has 1 aromatic rings. The van der Waals surface area contributed by atoms with Crippen molar-refractivity contribution in [1.82, 2.24) is 5.43 Å². The van der Waals surface area contributed by atoms with Gasteiger partial charge in [0.25, 0.3) is 0 Å². The van der Waals surface area contributed by atoms with Gasteiger partial charge in [0.1, 0.15) is 18.6 Å². The first-order chi connectivity index (χ1) is 10.2. The molecule has 6 nitrogen and oxygen atoms in total. The van der Waals surface area contributed by atoms with E-state index < -0.39 is 0 Å². The number of benzene rings is 1. The van der Waals surface area contributed by atoms with Gasteiger partial charge in [-0.2, -0.15) is 5.10 Å². The normalized spacial score (nSPS) is 20.7. The van der Waals surface area contributed by atoms with E-state index in [1.54, 1.807) is 11.8 Å². The minimum Gasteiger partial charge on any atom is -0.490 e. The molecule has 3 rings (SSSR count). The standard InChI is InChI=1S/C15H17N3O3/c1-10(20)18-6-7-21-15-5-2-11(8-14(15)18)13-4-3-12(9-19)16-17-13/h2,5,8-9,12,16H,3-4,6-7H2,1H3. The van der Waals surface area contributed by atoms with Crippen molar-refractivity contribution in [2.24, 2.45) is 5.10 Å². The number of fused-ring (bicyclic) bond motifs is 1. The van der Waals surface area contributed by atoms with Gasteiger partial charge in [0.2, 0.25) is 5.91 Å². The zero-order valence-electron chi connectivity index (χ0n) is 11.8. The molecule has 0 fully saturated rings. The largest absolute Gasteiger partial charge is 0.490 e. The van der Waals surface area contributed by atoms with Crippen molar-refractivity contribution in [2.75, 3.05) is 18.1 Å². The molecule has 0 saturated carbocycles. The van der Waals surface area contributed by atoms with Crippen LogP contribution in [-0.2, 0) is 9.59 Å². The summed E-state index contributed by atoms with van der Waals surface area (Å²) in [4.78, 5) is 24.2. The van der Waals surface area contributed by atoms with Crippen LogP contribution in [-0.4, -0.2) is 37.1 Å². The molecule has 21 heavy (non-hydrogen) atoms. The van der Waals surface area contributed by atoms with E-state index in [1.807, 2.05) is 18.2 Å². The molecule has 1 unspecified atom stereocenters. The van der Waals surface area contributed by atoms with Crippen LogP contribution >= 0.6 is 0 Å². The summed E-state index contributed by atoms with van der Waals surface area (Å²) in [6.45, 7) is 2.62. The summed E-state index contributed by atoms with van der Waals surface area (Å²) in [6, 6.07) is 5.53. The first-order valence-corrected chi connectivity index (χ1v) is 7.02. The van der Waals surface area contributed by atoms with E-state index in [4.69, 9.17) is 4.74 Å². The molecule has 6 heteroatoms. The Kier molecular flexibility index (Phi) is 3.60. The molecule has 1 N–H and O–H groups in total. The van der Waals surface area contributed by atoms with Crippen molar-refractivity contribution in [1.29, 1.82) is 0 Å². The van der Waals surface area contributed by atoms with Crippen LogP contribution in [0.25, 0.3) is 0 Å². The van der Waals surface area contributed by atoms with Crippen molar-refractivity contribution < 1.29 is 14.3 Å². The summed E-state index contributed by atoms with van der Waals surface area (Å²) in [5, 5.41) is 4.26. The van der Waals surface area contributed by atoms with Crippen LogP contribution in [0.15, 0.2) is 23.3 Å². The second-order valence-electron chi connectivity index (χ2n) is 5.17. The highest BCUT2D eigenvalue weighted by Crippen LogP contribution is 2.33. The number of hydrogen-bond donors (Lipinski definition) is 1. The van der Waals surface area contributed by atoms with Crippen LogP contribution in [0, 0.1) is 0 Å². The van der Waals surface area contributed by atoms with Gasteiger partial charge in [-0.1, -0.05) is 0 Å². The lowest BCUT2D eigenvalue weighted by atomic mass is 10.0. The van der Waals surface area contributed by atoms with E-state index in [0.717, 1.165) is 41.8 Å². The molecule has 0 aliphatic carbocycles. The van der Waals surface area contributed by atoms with Crippen LogP contribution < -0.4 is 15.1 Å². The van der Waals surface area contributed by atoms with Gasteiger partial charge in [-0.3, -0.25) is 10.2 Å². The Labute approximate surface area is 122 Å². The molecule has 1 amide bonds. The van der Waals surface area contributed by atoms with E-state index >= 15 is 0 Å². The molecular weight excluding hydrogens is 270 g/mol. The average Bonchev–Trinajstić information content (AvgIpc) is 2.53. The maximum atomic E-state index is 11.7. The van der Waals surface area contributed by atoms with E-state index in [0.29, 0.717) is 13.2 Å². The maximum absolute atomic E-state index is 11.7. The second-order valence-corrected chi connectivity index (χ2v) is 5.17. The van der Waals surface area contributed by atoms with Crippen LogP contribution in [0.2, 0.25) is 0 Å². The first kappa shape index (κ1) is 13.6. The lowest BCUT2D eigenvalue weighted by molar-refractivity contribution is -0.116. The summed E-state index contributed by atoms with van der Waals surface area (Å²) in [6.07, 6.45) is 2.33. The fraction of sp³-hybridized carbons (Fsp3) is 0.400. The number of hydrogen-bond acceptors (Lipinski definition) is 5. The smallest absolute Gasteiger partial charge is 0.224 e. The van der Waals surface area contributed by atoms with Gasteiger partial charge < -0.3 is 14.4 Å². The fourth-order valence-electron chi connectivity index (χ4n) is 2.61. The molecule has 0 radical (unpaired) electrons. The third-order valence-electron chi connectivity index (χ3n) is 3.76. The number of amides is 1. The van der Waals surface area contributed by atoms with Gasteiger partial charge in [-0.05, 0) is 31.0 Å². The molecule has 0 spiro atoms. The Morgan fingerprint density at radius 3 is 3.05 bits per heavy atom. The summed E-state index contributed by atoms with van der Waals surface area (Å²) in [7, 11) is 0. The van der Waals surface area contributed by atoms with E-state index in [1.165, 1.54) is 0 Å². The molecule has 2 aliphatic rings.